The first-order valence-corrected chi connectivity index (χ1v) is 10.2. The average molecular weight is 358 g/mol. The minimum atomic E-state index is -0.937. The van der Waals surface area contributed by atoms with Crippen LogP contribution in [0.25, 0.3) is 0 Å². The van der Waals surface area contributed by atoms with Gasteiger partial charge in [0.15, 0.2) is 17.2 Å². The number of carbonyl (C=O) groups excluding carboxylic acids is 3. The molecule has 142 valence electrons. The molecular weight excluding hydrogens is 328 g/mol. The number of hydrogen-bond donors (Lipinski definition) is 0. The topological polar surface area (TPSA) is 60.4 Å². The summed E-state index contributed by atoms with van der Waals surface area (Å²) in [6.45, 7) is 5.21. The molecule has 0 aromatic carbocycles. The number of ether oxygens (including phenoxy) is 1. The lowest BCUT2D eigenvalue weighted by molar-refractivity contribution is -0.185. The van der Waals surface area contributed by atoms with Crippen LogP contribution in [0.1, 0.15) is 72.1 Å². The van der Waals surface area contributed by atoms with E-state index in [1.165, 1.54) is 12.5 Å². The Balaban J connectivity index is 1.66. The summed E-state index contributed by atoms with van der Waals surface area (Å²) in [4.78, 5) is 36.3. The molecule has 0 aromatic rings. The highest BCUT2D eigenvalue weighted by Crippen LogP contribution is 2.66. The normalized spacial score (nSPS) is 44.4. The predicted octanol–water partition coefficient (Wildman–Crippen LogP) is 4.02. The maximum absolute atomic E-state index is 12.7. The van der Waals surface area contributed by atoms with Gasteiger partial charge in [0.1, 0.15) is 0 Å². The van der Waals surface area contributed by atoms with Gasteiger partial charge in [-0.25, -0.2) is 0 Å². The Morgan fingerprint density at radius 2 is 1.81 bits per heavy atom. The van der Waals surface area contributed by atoms with Crippen molar-refractivity contribution >= 4 is 17.5 Å². The van der Waals surface area contributed by atoms with Gasteiger partial charge < -0.3 is 4.74 Å². The van der Waals surface area contributed by atoms with Gasteiger partial charge in [-0.15, -0.1) is 0 Å². The van der Waals surface area contributed by atoms with Gasteiger partial charge in [0.2, 0.25) is 0 Å². The van der Waals surface area contributed by atoms with E-state index >= 15 is 0 Å². The lowest BCUT2D eigenvalue weighted by Gasteiger charge is -2.55. The highest BCUT2D eigenvalue weighted by molar-refractivity contribution is 5.91. The highest BCUT2D eigenvalue weighted by atomic mass is 16.6. The van der Waals surface area contributed by atoms with Crippen LogP contribution in [0.15, 0.2) is 11.6 Å². The smallest absolute Gasteiger partial charge is 0.303 e. The monoisotopic (exact) mass is 358 g/mol. The quantitative estimate of drug-likeness (QED) is 0.700. The van der Waals surface area contributed by atoms with Gasteiger partial charge in [0.05, 0.1) is 0 Å². The Labute approximate surface area is 155 Å². The molecular formula is C22H30O4. The Bertz CT molecular complexity index is 692. The van der Waals surface area contributed by atoms with Crippen molar-refractivity contribution < 1.29 is 19.1 Å². The molecule has 0 amide bonds. The van der Waals surface area contributed by atoms with Crippen LogP contribution in [-0.2, 0) is 19.1 Å². The van der Waals surface area contributed by atoms with Gasteiger partial charge in [-0.1, -0.05) is 12.5 Å². The fraction of sp³-hybridized carbons (Fsp3) is 0.773. The van der Waals surface area contributed by atoms with E-state index in [1.54, 1.807) is 6.92 Å². The number of allylic oxidation sites excluding steroid dienone is 1. The summed E-state index contributed by atoms with van der Waals surface area (Å²) < 4.78 is 5.79. The Morgan fingerprint density at radius 3 is 2.50 bits per heavy atom. The van der Waals surface area contributed by atoms with Crippen LogP contribution in [0.3, 0.4) is 0 Å². The van der Waals surface area contributed by atoms with Gasteiger partial charge in [0.25, 0.3) is 0 Å². The summed E-state index contributed by atoms with van der Waals surface area (Å²) in [5.74, 6) is 2.16. The van der Waals surface area contributed by atoms with Gasteiger partial charge >= 0.3 is 5.97 Å². The second-order valence-electron chi connectivity index (χ2n) is 9.28. The zero-order valence-corrected chi connectivity index (χ0v) is 16.2. The second kappa shape index (κ2) is 6.03. The molecule has 0 aromatic heterocycles. The molecule has 3 fully saturated rings. The van der Waals surface area contributed by atoms with Gasteiger partial charge in [-0.05, 0) is 81.6 Å². The first-order valence-electron chi connectivity index (χ1n) is 10.2. The van der Waals surface area contributed by atoms with E-state index in [2.05, 4.69) is 6.92 Å². The summed E-state index contributed by atoms with van der Waals surface area (Å²) in [6.07, 6.45) is 9.37. The van der Waals surface area contributed by atoms with Crippen molar-refractivity contribution in [3.8, 4) is 0 Å². The Kier molecular flexibility index (Phi) is 4.16. The first-order chi connectivity index (χ1) is 12.3. The molecule has 0 unspecified atom stereocenters. The maximum atomic E-state index is 12.7. The molecule has 0 heterocycles. The number of Topliss-reactive ketones (excluding diaryl/α,β-unsaturated/α-hetero) is 1. The van der Waals surface area contributed by atoms with E-state index in [4.69, 9.17) is 4.74 Å². The molecule has 0 saturated heterocycles. The zero-order valence-electron chi connectivity index (χ0n) is 16.2. The van der Waals surface area contributed by atoms with Crippen molar-refractivity contribution in [1.29, 1.82) is 0 Å². The summed E-state index contributed by atoms with van der Waals surface area (Å²) >= 11 is 0. The lowest BCUT2D eigenvalue weighted by Crippen LogP contribution is -2.57. The van der Waals surface area contributed by atoms with Gasteiger partial charge in [-0.3, -0.25) is 14.4 Å². The number of fused-ring (bicyclic) bond motifs is 5. The zero-order chi connectivity index (χ0) is 18.7. The molecule has 4 aliphatic carbocycles. The number of carbonyl (C=O) groups is 3. The predicted molar refractivity (Wildman–Crippen MR) is 97.3 cm³/mol. The SMILES string of the molecule is CC(=O)O[C@]1(C(C)=O)CC[C@H]2[C@@H]3CCC4=CC(=O)CC[C@H]4[C@H]3CC[C@@]21C. The molecule has 0 spiro atoms. The number of ketones is 2. The lowest BCUT2D eigenvalue weighted by atomic mass is 9.50. The second-order valence-corrected chi connectivity index (χ2v) is 9.28. The van der Waals surface area contributed by atoms with Crippen LogP contribution in [-0.4, -0.2) is 23.1 Å². The van der Waals surface area contributed by atoms with Crippen molar-refractivity contribution in [2.45, 2.75) is 77.7 Å². The van der Waals surface area contributed by atoms with Gasteiger partial charge in [-0.2, -0.15) is 0 Å². The standard InChI is InChI=1S/C22H30O4/c1-13(23)22(26-14(2)24)11-9-20-19-6-4-15-12-16(25)5-7-17(15)18(19)8-10-21(20,22)3/h12,17-20H,4-11H2,1-3H3/t17-,18-,19-,20+,21+,22+/m1/s1. The Hall–Kier alpha value is -1.45. The summed E-state index contributed by atoms with van der Waals surface area (Å²) in [6, 6.07) is 0. The highest BCUT2D eigenvalue weighted by Gasteiger charge is 2.66. The summed E-state index contributed by atoms with van der Waals surface area (Å²) in [5.41, 5.74) is 0.187. The Morgan fingerprint density at radius 1 is 1.04 bits per heavy atom. The van der Waals surface area contributed by atoms with Crippen LogP contribution >= 0.6 is 0 Å². The summed E-state index contributed by atoms with van der Waals surface area (Å²) in [7, 11) is 0. The van der Waals surface area contributed by atoms with Crippen LogP contribution in [0.4, 0.5) is 0 Å². The van der Waals surface area contributed by atoms with E-state index < -0.39 is 5.60 Å². The number of hydrogen-bond acceptors (Lipinski definition) is 4. The third-order valence-electron chi connectivity index (χ3n) is 8.31. The van der Waals surface area contributed by atoms with Crippen LogP contribution in [0.5, 0.6) is 0 Å². The van der Waals surface area contributed by atoms with Crippen molar-refractivity contribution in [3.63, 3.8) is 0 Å². The van der Waals surface area contributed by atoms with Crippen molar-refractivity contribution in [3.05, 3.63) is 11.6 Å². The molecule has 4 heteroatoms. The number of esters is 1. The number of rotatable bonds is 2. The first kappa shape index (κ1) is 17.9. The van der Waals surface area contributed by atoms with Crippen LogP contribution < -0.4 is 0 Å². The third kappa shape index (κ3) is 2.36. The molecule has 0 N–H and O–H groups in total. The van der Waals surface area contributed by atoms with E-state index in [9.17, 15) is 14.4 Å². The molecule has 0 aliphatic heterocycles. The molecule has 4 aliphatic rings. The summed E-state index contributed by atoms with van der Waals surface area (Å²) in [5, 5.41) is 0. The molecule has 4 rings (SSSR count). The molecule has 0 bridgehead atoms. The molecule has 6 atom stereocenters. The molecule has 26 heavy (non-hydrogen) atoms. The minimum absolute atomic E-state index is 0.0100. The third-order valence-corrected chi connectivity index (χ3v) is 8.31. The van der Waals surface area contributed by atoms with Gasteiger partial charge in [0, 0.05) is 18.8 Å². The minimum Gasteiger partial charge on any atom is -0.451 e. The fourth-order valence-electron chi connectivity index (χ4n) is 7.24. The fourth-order valence-corrected chi connectivity index (χ4v) is 7.24. The van der Waals surface area contributed by atoms with E-state index in [1.807, 2.05) is 6.08 Å². The van der Waals surface area contributed by atoms with E-state index in [0.717, 1.165) is 38.5 Å². The van der Waals surface area contributed by atoms with Crippen molar-refractivity contribution in [2.24, 2.45) is 29.1 Å². The van der Waals surface area contributed by atoms with Crippen molar-refractivity contribution in [2.75, 3.05) is 0 Å². The average Bonchev–Trinajstić information content (AvgIpc) is 2.87. The van der Waals surface area contributed by atoms with Crippen LogP contribution in [0.2, 0.25) is 0 Å². The largest absolute Gasteiger partial charge is 0.451 e. The van der Waals surface area contributed by atoms with Crippen molar-refractivity contribution in [1.82, 2.24) is 0 Å². The molecule has 4 nitrogen and oxygen atoms in total. The van der Waals surface area contributed by atoms with E-state index in [-0.39, 0.29) is 17.2 Å². The molecule has 3 saturated carbocycles. The van der Waals surface area contributed by atoms with Crippen LogP contribution in [0, 0.1) is 29.1 Å². The maximum Gasteiger partial charge on any atom is 0.303 e. The molecule has 0 radical (unpaired) electrons. The van der Waals surface area contributed by atoms with E-state index in [0.29, 0.717) is 42.3 Å².